The number of anilines is 2. The van der Waals surface area contributed by atoms with Gasteiger partial charge in [-0.15, -0.1) is 0 Å². The molecule has 0 aliphatic carbocycles. The number of oxazole rings is 1. The number of aromatic nitrogens is 1. The molecule has 32 heavy (non-hydrogen) atoms. The summed E-state index contributed by atoms with van der Waals surface area (Å²) >= 11 is 0. The van der Waals surface area contributed by atoms with Gasteiger partial charge in [-0.3, -0.25) is 4.79 Å². The van der Waals surface area contributed by atoms with E-state index in [1.54, 1.807) is 0 Å². The molecule has 4 aromatic rings. The number of aryl methyl sites for hydroxylation is 1. The largest absolute Gasteiger partial charge is 0.441 e. The topological polar surface area (TPSA) is 58.4 Å². The monoisotopic (exact) mass is 423 g/mol. The Morgan fingerprint density at radius 3 is 2.62 bits per heavy atom. The third-order valence-electron chi connectivity index (χ3n) is 5.88. The van der Waals surface area contributed by atoms with E-state index in [4.69, 9.17) is 4.42 Å². The Bertz CT molecular complexity index is 1250. The summed E-state index contributed by atoms with van der Waals surface area (Å²) in [5, 5.41) is 3.09. The number of fused-ring (bicyclic) bond motifs is 1. The van der Waals surface area contributed by atoms with Crippen molar-refractivity contribution >= 4 is 17.3 Å². The Kier molecular flexibility index (Phi) is 5.46. The predicted molar refractivity (Wildman–Crippen MR) is 127 cm³/mol. The summed E-state index contributed by atoms with van der Waals surface area (Å²) in [5.74, 6) is 1.11. The number of amides is 1. The van der Waals surface area contributed by atoms with Crippen molar-refractivity contribution in [3.8, 4) is 11.5 Å². The van der Waals surface area contributed by atoms with Crippen molar-refractivity contribution in [2.45, 2.75) is 26.3 Å². The van der Waals surface area contributed by atoms with Crippen LogP contribution >= 0.6 is 0 Å². The van der Waals surface area contributed by atoms with Crippen LogP contribution in [-0.2, 0) is 24.2 Å². The number of nitrogens with one attached hydrogen (secondary N) is 1. The molecule has 1 aliphatic rings. The molecule has 5 heteroatoms. The standard InChI is InChI=1S/C27H25N3O2/c1-19-24(29-27(32-19)21-10-3-2-4-11-21)17-26(31)28-23-13-7-5-12-22(23)18-30-16-15-20-9-6-8-14-25(20)30/h2-14H,15-18H2,1H3,(H,28,31). The van der Waals surface area contributed by atoms with Gasteiger partial charge in [0.2, 0.25) is 11.8 Å². The summed E-state index contributed by atoms with van der Waals surface area (Å²) in [7, 11) is 0. The average molecular weight is 424 g/mol. The van der Waals surface area contributed by atoms with Crippen LogP contribution in [0.15, 0.2) is 83.3 Å². The molecule has 0 fully saturated rings. The Morgan fingerprint density at radius 2 is 1.75 bits per heavy atom. The molecule has 3 aromatic carbocycles. The lowest BCUT2D eigenvalue weighted by Gasteiger charge is -2.21. The van der Waals surface area contributed by atoms with Crippen molar-refractivity contribution in [1.29, 1.82) is 0 Å². The van der Waals surface area contributed by atoms with E-state index >= 15 is 0 Å². The van der Waals surface area contributed by atoms with Crippen molar-refractivity contribution in [3.63, 3.8) is 0 Å². The van der Waals surface area contributed by atoms with Gasteiger partial charge in [-0.25, -0.2) is 4.98 Å². The van der Waals surface area contributed by atoms with Crippen LogP contribution in [0.1, 0.15) is 22.6 Å². The minimum absolute atomic E-state index is 0.102. The normalized spacial score (nSPS) is 12.6. The second-order valence-corrected chi connectivity index (χ2v) is 8.07. The molecule has 5 rings (SSSR count). The number of rotatable bonds is 6. The Balaban J connectivity index is 1.29. The molecule has 1 amide bonds. The van der Waals surface area contributed by atoms with Gasteiger partial charge in [-0.1, -0.05) is 54.6 Å². The van der Waals surface area contributed by atoms with Gasteiger partial charge in [0.25, 0.3) is 0 Å². The van der Waals surface area contributed by atoms with Gasteiger partial charge in [-0.2, -0.15) is 0 Å². The summed E-state index contributed by atoms with van der Waals surface area (Å²) in [4.78, 5) is 19.8. The molecule has 1 N–H and O–H groups in total. The Labute approximate surface area is 187 Å². The maximum atomic E-state index is 12.9. The van der Waals surface area contributed by atoms with E-state index in [1.165, 1.54) is 11.3 Å². The van der Waals surface area contributed by atoms with Crippen LogP contribution in [0.2, 0.25) is 0 Å². The van der Waals surface area contributed by atoms with E-state index < -0.39 is 0 Å². The highest BCUT2D eigenvalue weighted by molar-refractivity contribution is 5.93. The van der Waals surface area contributed by atoms with Crippen LogP contribution < -0.4 is 10.2 Å². The van der Waals surface area contributed by atoms with Gasteiger partial charge < -0.3 is 14.6 Å². The molecule has 0 spiro atoms. The van der Waals surface area contributed by atoms with Gasteiger partial charge in [-0.05, 0) is 48.7 Å². The van der Waals surface area contributed by atoms with Crippen LogP contribution in [0.3, 0.4) is 0 Å². The number of carbonyl (C=O) groups excluding carboxylic acids is 1. The SMILES string of the molecule is Cc1oc(-c2ccccc2)nc1CC(=O)Nc1ccccc1CN1CCc2ccccc21. The van der Waals surface area contributed by atoms with Crippen LogP contribution in [0.5, 0.6) is 0 Å². The first kappa shape index (κ1) is 20.1. The number of hydrogen-bond donors (Lipinski definition) is 1. The molecular formula is C27H25N3O2. The molecule has 160 valence electrons. The lowest BCUT2D eigenvalue weighted by atomic mass is 10.1. The third-order valence-corrected chi connectivity index (χ3v) is 5.88. The molecule has 2 heterocycles. The van der Waals surface area contributed by atoms with Crippen LogP contribution in [0.25, 0.3) is 11.5 Å². The zero-order valence-corrected chi connectivity index (χ0v) is 18.0. The molecule has 5 nitrogen and oxygen atoms in total. The molecule has 0 radical (unpaired) electrons. The fourth-order valence-electron chi connectivity index (χ4n) is 4.20. The Hall–Kier alpha value is -3.86. The first-order chi connectivity index (χ1) is 15.7. The molecule has 0 bridgehead atoms. The van der Waals surface area contributed by atoms with Crippen LogP contribution in [-0.4, -0.2) is 17.4 Å². The third kappa shape index (κ3) is 4.14. The molecule has 1 aromatic heterocycles. The number of para-hydroxylation sites is 2. The van der Waals surface area contributed by atoms with E-state index in [9.17, 15) is 4.79 Å². The molecule has 0 atom stereocenters. The van der Waals surface area contributed by atoms with Crippen molar-refractivity contribution in [2.24, 2.45) is 0 Å². The van der Waals surface area contributed by atoms with E-state index in [1.807, 2.05) is 55.5 Å². The van der Waals surface area contributed by atoms with Gasteiger partial charge in [0.1, 0.15) is 5.76 Å². The molecule has 1 aliphatic heterocycles. The molecular weight excluding hydrogens is 398 g/mol. The second-order valence-electron chi connectivity index (χ2n) is 8.07. The van der Waals surface area contributed by atoms with Crippen molar-refractivity contribution in [3.05, 3.63) is 101 Å². The quantitative estimate of drug-likeness (QED) is 0.451. The first-order valence-electron chi connectivity index (χ1n) is 10.9. The highest BCUT2D eigenvalue weighted by atomic mass is 16.4. The van der Waals surface area contributed by atoms with Gasteiger partial charge >= 0.3 is 0 Å². The maximum absolute atomic E-state index is 12.9. The summed E-state index contributed by atoms with van der Waals surface area (Å²) < 4.78 is 5.80. The van der Waals surface area contributed by atoms with Crippen molar-refractivity contribution < 1.29 is 9.21 Å². The van der Waals surface area contributed by atoms with Gasteiger partial charge in [0.05, 0.1) is 12.1 Å². The average Bonchev–Trinajstić information content (AvgIpc) is 3.39. The molecule has 0 saturated carbocycles. The zero-order valence-electron chi connectivity index (χ0n) is 18.0. The number of benzene rings is 3. The number of hydrogen-bond acceptors (Lipinski definition) is 4. The molecule has 0 saturated heterocycles. The fraction of sp³-hybridized carbons (Fsp3) is 0.185. The van der Waals surface area contributed by atoms with Crippen LogP contribution in [0.4, 0.5) is 11.4 Å². The minimum Gasteiger partial charge on any atom is -0.441 e. The van der Waals surface area contributed by atoms with E-state index in [0.29, 0.717) is 17.3 Å². The van der Waals surface area contributed by atoms with Gasteiger partial charge in [0, 0.05) is 30.0 Å². The van der Waals surface area contributed by atoms with Crippen molar-refractivity contribution in [2.75, 3.05) is 16.8 Å². The maximum Gasteiger partial charge on any atom is 0.230 e. The zero-order chi connectivity index (χ0) is 21.9. The minimum atomic E-state index is -0.102. The van der Waals surface area contributed by atoms with E-state index in [-0.39, 0.29) is 12.3 Å². The van der Waals surface area contributed by atoms with E-state index in [0.717, 1.165) is 36.3 Å². The summed E-state index contributed by atoms with van der Waals surface area (Å²) in [5.41, 5.74) is 6.15. The van der Waals surface area contributed by atoms with Gasteiger partial charge in [0.15, 0.2) is 0 Å². The summed E-state index contributed by atoms with van der Waals surface area (Å²) in [6.07, 6.45) is 1.23. The smallest absolute Gasteiger partial charge is 0.230 e. The predicted octanol–water partition coefficient (Wildman–Crippen LogP) is 5.39. The second kappa shape index (κ2) is 8.71. The summed E-state index contributed by atoms with van der Waals surface area (Å²) in [6, 6.07) is 26.2. The van der Waals surface area contributed by atoms with Crippen molar-refractivity contribution in [1.82, 2.24) is 4.98 Å². The van der Waals surface area contributed by atoms with E-state index in [2.05, 4.69) is 45.5 Å². The lowest BCUT2D eigenvalue weighted by Crippen LogP contribution is -2.22. The first-order valence-corrected chi connectivity index (χ1v) is 10.9. The molecule has 0 unspecified atom stereocenters. The Morgan fingerprint density at radius 1 is 1.00 bits per heavy atom. The highest BCUT2D eigenvalue weighted by Crippen LogP contribution is 2.30. The highest BCUT2D eigenvalue weighted by Gasteiger charge is 2.20. The number of nitrogens with zero attached hydrogens (tertiary/aromatic N) is 2. The lowest BCUT2D eigenvalue weighted by molar-refractivity contribution is -0.115. The fourth-order valence-corrected chi connectivity index (χ4v) is 4.20. The van der Waals surface area contributed by atoms with Crippen LogP contribution in [0, 0.1) is 6.92 Å². The number of carbonyl (C=O) groups is 1. The summed E-state index contributed by atoms with van der Waals surface area (Å²) in [6.45, 7) is 3.59.